The molecule has 1 amide bonds. The van der Waals surface area contributed by atoms with E-state index in [-0.39, 0.29) is 15.5 Å². The number of hydrogen-bond donors (Lipinski definition) is 1. The molecule has 0 unspecified atom stereocenters. The van der Waals surface area contributed by atoms with Gasteiger partial charge in [0.05, 0.1) is 16.4 Å². The zero-order chi connectivity index (χ0) is 20.5. The van der Waals surface area contributed by atoms with E-state index < -0.39 is 15.9 Å². The quantitative estimate of drug-likeness (QED) is 0.712. The van der Waals surface area contributed by atoms with Crippen LogP contribution in [0.3, 0.4) is 0 Å². The molecule has 0 bridgehead atoms. The number of carbonyl (C=O) groups is 1. The number of carbonyl (C=O) groups excluding carboxylic acids is 1. The second kappa shape index (κ2) is 8.11. The molecule has 2 aromatic rings. The highest BCUT2D eigenvalue weighted by atomic mass is 35.5. The number of hydrogen-bond acceptors (Lipinski definition) is 4. The standard InChI is InChI=1S/C19H19Cl2N3O3S/c1-3-4-9-24-12(2)23-28(26,27)18-10-13(5-8-17(18)24)19(25)22-16-7-6-14(20)11-15(16)21/h5-8,10-11H,3-4,9H2,1-2H3,(H,22,25). The molecule has 0 spiro atoms. The minimum Gasteiger partial charge on any atom is -0.328 e. The fourth-order valence-corrected chi connectivity index (χ4v) is 4.63. The first-order valence-corrected chi connectivity index (χ1v) is 10.9. The Hall–Kier alpha value is -2.09. The summed E-state index contributed by atoms with van der Waals surface area (Å²) in [6.45, 7) is 4.38. The molecule has 0 saturated carbocycles. The minimum atomic E-state index is -3.87. The summed E-state index contributed by atoms with van der Waals surface area (Å²) in [4.78, 5) is 14.5. The number of benzene rings is 2. The van der Waals surface area contributed by atoms with Crippen LogP contribution in [-0.4, -0.2) is 26.7 Å². The van der Waals surface area contributed by atoms with E-state index in [1.54, 1.807) is 31.2 Å². The summed E-state index contributed by atoms with van der Waals surface area (Å²) in [7, 11) is -3.87. The molecule has 1 aliphatic rings. The van der Waals surface area contributed by atoms with E-state index in [0.717, 1.165) is 12.8 Å². The normalized spacial score (nSPS) is 15.0. The fraction of sp³-hybridized carbons (Fsp3) is 0.263. The van der Waals surface area contributed by atoms with Gasteiger partial charge in [-0.05, 0) is 49.7 Å². The van der Waals surface area contributed by atoms with Gasteiger partial charge < -0.3 is 10.2 Å². The molecule has 1 heterocycles. The Morgan fingerprint density at radius 3 is 2.61 bits per heavy atom. The van der Waals surface area contributed by atoms with Crippen molar-refractivity contribution in [2.45, 2.75) is 31.6 Å². The molecule has 3 rings (SSSR count). The van der Waals surface area contributed by atoms with Crippen LogP contribution in [0.2, 0.25) is 10.0 Å². The van der Waals surface area contributed by atoms with Gasteiger partial charge in [0.15, 0.2) is 0 Å². The number of amidine groups is 1. The van der Waals surface area contributed by atoms with Crippen molar-refractivity contribution in [3.8, 4) is 0 Å². The number of halogens is 2. The van der Waals surface area contributed by atoms with E-state index >= 15 is 0 Å². The van der Waals surface area contributed by atoms with Crippen molar-refractivity contribution in [2.75, 3.05) is 16.8 Å². The van der Waals surface area contributed by atoms with Crippen molar-refractivity contribution in [2.24, 2.45) is 4.40 Å². The Bertz CT molecular complexity index is 1070. The van der Waals surface area contributed by atoms with E-state index in [2.05, 4.69) is 16.6 Å². The van der Waals surface area contributed by atoms with Crippen LogP contribution in [0.1, 0.15) is 37.0 Å². The number of nitrogens with one attached hydrogen (secondary N) is 1. The molecule has 6 nitrogen and oxygen atoms in total. The topological polar surface area (TPSA) is 78.8 Å². The molecule has 148 valence electrons. The number of nitrogens with zero attached hydrogens (tertiary/aromatic N) is 2. The lowest BCUT2D eigenvalue weighted by Gasteiger charge is -2.29. The molecule has 0 aliphatic carbocycles. The lowest BCUT2D eigenvalue weighted by atomic mass is 10.1. The molecule has 2 aromatic carbocycles. The minimum absolute atomic E-state index is 0.0176. The molecule has 9 heteroatoms. The van der Waals surface area contributed by atoms with E-state index in [9.17, 15) is 13.2 Å². The Kier molecular flexibility index (Phi) is 5.98. The number of sulfonamides is 1. The van der Waals surface area contributed by atoms with E-state index in [0.29, 0.717) is 28.8 Å². The van der Waals surface area contributed by atoms with Crippen LogP contribution in [0.25, 0.3) is 0 Å². The van der Waals surface area contributed by atoms with Crippen molar-refractivity contribution in [1.29, 1.82) is 0 Å². The van der Waals surface area contributed by atoms with Crippen LogP contribution in [0, 0.1) is 0 Å². The summed E-state index contributed by atoms with van der Waals surface area (Å²) in [5.74, 6) is -0.0558. The van der Waals surface area contributed by atoms with Gasteiger partial charge in [-0.3, -0.25) is 4.79 Å². The van der Waals surface area contributed by atoms with Gasteiger partial charge in [0, 0.05) is 17.1 Å². The second-order valence-corrected chi connectivity index (χ2v) is 8.80. The van der Waals surface area contributed by atoms with Gasteiger partial charge >= 0.3 is 0 Å². The molecule has 0 saturated heterocycles. The maximum absolute atomic E-state index is 12.6. The number of fused-ring (bicyclic) bond motifs is 1. The van der Waals surface area contributed by atoms with Crippen molar-refractivity contribution in [3.05, 3.63) is 52.0 Å². The van der Waals surface area contributed by atoms with E-state index in [4.69, 9.17) is 23.2 Å². The number of anilines is 2. The van der Waals surface area contributed by atoms with Gasteiger partial charge in [-0.25, -0.2) is 0 Å². The number of amides is 1. The molecule has 0 radical (unpaired) electrons. The number of rotatable bonds is 5. The third kappa shape index (κ3) is 4.16. The van der Waals surface area contributed by atoms with Crippen LogP contribution < -0.4 is 10.2 Å². The zero-order valence-electron chi connectivity index (χ0n) is 15.4. The lowest BCUT2D eigenvalue weighted by Crippen LogP contribution is -2.34. The van der Waals surface area contributed by atoms with Gasteiger partial charge in [0.25, 0.3) is 15.9 Å². The molecule has 1 N–H and O–H groups in total. The SMILES string of the molecule is CCCCN1C(C)=NS(=O)(=O)c2cc(C(=O)Nc3ccc(Cl)cc3Cl)ccc21. The molecule has 0 atom stereocenters. The predicted molar refractivity (Wildman–Crippen MR) is 113 cm³/mol. The van der Waals surface area contributed by atoms with Crippen LogP contribution in [0.5, 0.6) is 0 Å². The molecular weight excluding hydrogens is 421 g/mol. The first-order chi connectivity index (χ1) is 13.2. The van der Waals surface area contributed by atoms with E-state index in [1.807, 2.05) is 4.90 Å². The lowest BCUT2D eigenvalue weighted by molar-refractivity contribution is 0.102. The Morgan fingerprint density at radius 2 is 1.93 bits per heavy atom. The van der Waals surface area contributed by atoms with E-state index in [1.165, 1.54) is 12.1 Å². The third-order valence-corrected chi connectivity index (χ3v) is 6.28. The second-order valence-electron chi connectivity index (χ2n) is 6.38. The molecule has 0 aromatic heterocycles. The van der Waals surface area contributed by atoms with Gasteiger partial charge in [-0.1, -0.05) is 36.5 Å². The van der Waals surface area contributed by atoms with Crippen molar-refractivity contribution < 1.29 is 13.2 Å². The fourth-order valence-electron chi connectivity index (χ4n) is 2.92. The first kappa shape index (κ1) is 20.6. The maximum atomic E-state index is 12.6. The highest BCUT2D eigenvalue weighted by Gasteiger charge is 2.29. The Labute approximate surface area is 174 Å². The van der Waals surface area contributed by atoms with Crippen molar-refractivity contribution in [3.63, 3.8) is 0 Å². The van der Waals surface area contributed by atoms with Gasteiger partial charge in [0.1, 0.15) is 10.7 Å². The summed E-state index contributed by atoms with van der Waals surface area (Å²) in [6.07, 6.45) is 1.86. The Balaban J connectivity index is 1.95. The molecule has 1 aliphatic heterocycles. The smallest absolute Gasteiger partial charge is 0.286 e. The summed E-state index contributed by atoms with van der Waals surface area (Å²) in [5, 5.41) is 3.41. The van der Waals surface area contributed by atoms with Crippen LogP contribution in [-0.2, 0) is 10.0 Å². The summed E-state index contributed by atoms with van der Waals surface area (Å²) in [6, 6.07) is 9.27. The average Bonchev–Trinajstić information content (AvgIpc) is 2.63. The van der Waals surface area contributed by atoms with Crippen LogP contribution in [0.15, 0.2) is 45.7 Å². The van der Waals surface area contributed by atoms with Gasteiger partial charge in [-0.2, -0.15) is 8.42 Å². The van der Waals surface area contributed by atoms with Crippen molar-refractivity contribution >= 4 is 56.3 Å². The summed E-state index contributed by atoms with van der Waals surface area (Å²) in [5.41, 5.74) is 1.11. The third-order valence-electron chi connectivity index (χ3n) is 4.35. The summed E-state index contributed by atoms with van der Waals surface area (Å²) < 4.78 is 28.9. The van der Waals surface area contributed by atoms with Crippen LogP contribution >= 0.6 is 23.2 Å². The summed E-state index contributed by atoms with van der Waals surface area (Å²) >= 11 is 11.9. The highest BCUT2D eigenvalue weighted by Crippen LogP contribution is 2.33. The Morgan fingerprint density at radius 1 is 1.18 bits per heavy atom. The number of unbranched alkanes of at least 4 members (excludes halogenated alkanes) is 1. The predicted octanol–water partition coefficient (Wildman–Crippen LogP) is 4.97. The zero-order valence-corrected chi connectivity index (χ0v) is 17.7. The van der Waals surface area contributed by atoms with Gasteiger partial charge in [0.2, 0.25) is 0 Å². The molecule has 0 fully saturated rings. The highest BCUT2D eigenvalue weighted by molar-refractivity contribution is 7.90. The largest absolute Gasteiger partial charge is 0.328 e. The monoisotopic (exact) mass is 439 g/mol. The van der Waals surface area contributed by atoms with Crippen LogP contribution in [0.4, 0.5) is 11.4 Å². The first-order valence-electron chi connectivity index (χ1n) is 8.72. The molecular formula is C19H19Cl2N3O3S. The molecule has 28 heavy (non-hydrogen) atoms. The van der Waals surface area contributed by atoms with Gasteiger partial charge in [-0.15, -0.1) is 4.40 Å². The maximum Gasteiger partial charge on any atom is 0.286 e. The van der Waals surface area contributed by atoms with Crippen molar-refractivity contribution in [1.82, 2.24) is 0 Å². The average molecular weight is 440 g/mol.